The van der Waals surface area contributed by atoms with Gasteiger partial charge in [-0.15, -0.1) is 10.2 Å². The molecule has 2 N–H and O–H groups in total. The van der Waals surface area contributed by atoms with Gasteiger partial charge in [0.1, 0.15) is 5.75 Å². The second-order valence-corrected chi connectivity index (χ2v) is 6.40. The van der Waals surface area contributed by atoms with E-state index in [2.05, 4.69) is 20.2 Å². The zero-order valence-corrected chi connectivity index (χ0v) is 13.2. The van der Waals surface area contributed by atoms with Crippen LogP contribution in [0.5, 0.6) is 5.75 Å². The maximum Gasteiger partial charge on any atom is 0.233 e. The summed E-state index contributed by atoms with van der Waals surface area (Å²) in [4.78, 5) is 0. The lowest BCUT2D eigenvalue weighted by atomic mass is 10.3. The number of sulfonamides is 1. The monoisotopic (exact) mass is 322 g/mol. The Balaban J connectivity index is 2.01. The Morgan fingerprint density at radius 3 is 2.18 bits per heavy atom. The number of rotatable bonds is 7. The van der Waals surface area contributed by atoms with Gasteiger partial charge < -0.3 is 10.1 Å². The number of nitrogens with zero attached hydrogens (tertiary/aromatic N) is 2. The van der Waals surface area contributed by atoms with Crippen LogP contribution in [0.4, 0.5) is 17.3 Å². The number of hydrogen-bond acceptors (Lipinski definition) is 6. The largest absolute Gasteiger partial charge is 0.494 e. The highest BCUT2D eigenvalue weighted by molar-refractivity contribution is 7.92. The maximum absolute atomic E-state index is 11.4. The van der Waals surface area contributed by atoms with Gasteiger partial charge in [-0.05, 0) is 50.2 Å². The summed E-state index contributed by atoms with van der Waals surface area (Å²) < 4.78 is 30.5. The highest BCUT2D eigenvalue weighted by Crippen LogP contribution is 2.19. The van der Waals surface area contributed by atoms with Gasteiger partial charge in [-0.3, -0.25) is 4.72 Å². The number of anilines is 3. The fourth-order valence-electron chi connectivity index (χ4n) is 1.63. The third-order valence-corrected chi connectivity index (χ3v) is 4.02. The molecular formula is C14H18N4O3S. The Hall–Kier alpha value is -2.35. The molecule has 0 spiro atoms. The van der Waals surface area contributed by atoms with Crippen molar-refractivity contribution < 1.29 is 13.2 Å². The lowest BCUT2D eigenvalue weighted by Gasteiger charge is -2.08. The molecular weight excluding hydrogens is 304 g/mol. The quantitative estimate of drug-likeness (QED) is 0.813. The maximum atomic E-state index is 11.4. The molecule has 0 amide bonds. The second kappa shape index (κ2) is 7.08. The van der Waals surface area contributed by atoms with Gasteiger partial charge in [-0.2, -0.15) is 0 Å². The Morgan fingerprint density at radius 1 is 1.00 bits per heavy atom. The first kappa shape index (κ1) is 16.0. The lowest BCUT2D eigenvalue weighted by Crippen LogP contribution is -2.15. The molecule has 0 unspecified atom stereocenters. The van der Waals surface area contributed by atoms with E-state index in [0.29, 0.717) is 12.4 Å². The molecule has 8 heteroatoms. The van der Waals surface area contributed by atoms with Crippen molar-refractivity contribution in [3.63, 3.8) is 0 Å². The van der Waals surface area contributed by atoms with Gasteiger partial charge in [0.05, 0.1) is 12.4 Å². The summed E-state index contributed by atoms with van der Waals surface area (Å²) in [6.07, 6.45) is 0. The Kier molecular flexibility index (Phi) is 5.16. The van der Waals surface area contributed by atoms with Crippen molar-refractivity contribution in [1.82, 2.24) is 10.2 Å². The standard InChI is InChI=1S/C14H18N4O3S/c1-3-21-12-7-5-11(6-8-12)15-13-9-10-14(17-16-13)18-22(19,20)4-2/h5-10H,3-4H2,1-2H3,(H,15,16)(H,17,18). The van der Waals surface area contributed by atoms with E-state index < -0.39 is 10.0 Å². The molecule has 0 aliphatic carbocycles. The van der Waals surface area contributed by atoms with Gasteiger partial charge >= 0.3 is 0 Å². The van der Waals surface area contributed by atoms with Crippen molar-refractivity contribution in [3.05, 3.63) is 36.4 Å². The molecule has 22 heavy (non-hydrogen) atoms. The molecule has 0 aliphatic rings. The van der Waals surface area contributed by atoms with Gasteiger partial charge in [0.25, 0.3) is 0 Å². The number of benzene rings is 1. The molecule has 2 aromatic rings. The molecule has 0 fully saturated rings. The molecule has 1 aromatic carbocycles. The first-order valence-electron chi connectivity index (χ1n) is 6.86. The minimum atomic E-state index is -3.34. The van der Waals surface area contributed by atoms with Crippen molar-refractivity contribution in [2.75, 3.05) is 22.4 Å². The van der Waals surface area contributed by atoms with Crippen LogP contribution >= 0.6 is 0 Å². The van der Waals surface area contributed by atoms with Gasteiger partial charge in [0.15, 0.2) is 11.6 Å². The molecule has 1 heterocycles. The summed E-state index contributed by atoms with van der Waals surface area (Å²) in [5.74, 6) is 1.49. The van der Waals surface area contributed by atoms with E-state index in [0.717, 1.165) is 11.4 Å². The van der Waals surface area contributed by atoms with Crippen LogP contribution in [0.25, 0.3) is 0 Å². The molecule has 118 valence electrons. The summed E-state index contributed by atoms with van der Waals surface area (Å²) in [7, 11) is -3.34. The van der Waals surface area contributed by atoms with Crippen molar-refractivity contribution >= 4 is 27.3 Å². The summed E-state index contributed by atoms with van der Waals surface area (Å²) >= 11 is 0. The van der Waals surface area contributed by atoms with Gasteiger partial charge in [0, 0.05) is 5.69 Å². The average molecular weight is 322 g/mol. The van der Waals surface area contributed by atoms with E-state index >= 15 is 0 Å². The van der Waals surface area contributed by atoms with Crippen LogP contribution in [-0.2, 0) is 10.0 Å². The van der Waals surface area contributed by atoms with E-state index in [-0.39, 0.29) is 11.6 Å². The third kappa shape index (κ3) is 4.59. The average Bonchev–Trinajstić information content (AvgIpc) is 2.51. The summed E-state index contributed by atoms with van der Waals surface area (Å²) in [6, 6.07) is 10.6. The van der Waals surface area contributed by atoms with Crippen LogP contribution in [0.2, 0.25) is 0 Å². The zero-order valence-electron chi connectivity index (χ0n) is 12.4. The summed E-state index contributed by atoms with van der Waals surface area (Å²) in [5.41, 5.74) is 0.833. The van der Waals surface area contributed by atoms with Crippen LogP contribution in [0.15, 0.2) is 36.4 Å². The van der Waals surface area contributed by atoms with Crippen molar-refractivity contribution in [3.8, 4) is 5.75 Å². The highest BCUT2D eigenvalue weighted by Gasteiger charge is 2.08. The van der Waals surface area contributed by atoms with Crippen LogP contribution < -0.4 is 14.8 Å². The molecule has 0 bridgehead atoms. The predicted molar refractivity (Wildman–Crippen MR) is 86.0 cm³/mol. The van der Waals surface area contributed by atoms with Crippen LogP contribution in [0, 0.1) is 0 Å². The number of hydrogen-bond donors (Lipinski definition) is 2. The van der Waals surface area contributed by atoms with Gasteiger partial charge in [-0.1, -0.05) is 0 Å². The first-order chi connectivity index (χ1) is 10.5. The second-order valence-electron chi connectivity index (χ2n) is 4.39. The Morgan fingerprint density at radius 2 is 1.64 bits per heavy atom. The topological polar surface area (TPSA) is 93.2 Å². The van der Waals surface area contributed by atoms with E-state index in [1.807, 2.05) is 31.2 Å². The number of nitrogens with one attached hydrogen (secondary N) is 2. The molecule has 0 radical (unpaired) electrons. The van der Waals surface area contributed by atoms with Crippen molar-refractivity contribution in [2.24, 2.45) is 0 Å². The SMILES string of the molecule is CCOc1ccc(Nc2ccc(NS(=O)(=O)CC)nn2)cc1. The van der Waals surface area contributed by atoms with E-state index in [1.165, 1.54) is 0 Å². The van der Waals surface area contributed by atoms with E-state index in [9.17, 15) is 8.42 Å². The highest BCUT2D eigenvalue weighted by atomic mass is 32.2. The first-order valence-corrected chi connectivity index (χ1v) is 8.51. The molecule has 0 saturated carbocycles. The molecule has 2 rings (SSSR count). The molecule has 0 saturated heterocycles. The van der Waals surface area contributed by atoms with Crippen LogP contribution in [0.3, 0.4) is 0 Å². The van der Waals surface area contributed by atoms with Gasteiger partial charge in [0.2, 0.25) is 10.0 Å². The smallest absolute Gasteiger partial charge is 0.233 e. The molecule has 1 aromatic heterocycles. The number of aromatic nitrogens is 2. The zero-order chi connectivity index (χ0) is 16.0. The summed E-state index contributed by atoms with van der Waals surface area (Å²) in [6.45, 7) is 4.10. The number of ether oxygens (including phenoxy) is 1. The van der Waals surface area contributed by atoms with Crippen molar-refractivity contribution in [2.45, 2.75) is 13.8 Å². The van der Waals surface area contributed by atoms with E-state index in [1.54, 1.807) is 19.1 Å². The molecule has 0 atom stereocenters. The minimum absolute atomic E-state index is 0.0130. The van der Waals surface area contributed by atoms with Crippen LogP contribution in [0.1, 0.15) is 13.8 Å². The van der Waals surface area contributed by atoms with E-state index in [4.69, 9.17) is 4.74 Å². The Labute approximate surface area is 129 Å². The fraction of sp³-hybridized carbons (Fsp3) is 0.286. The predicted octanol–water partition coefficient (Wildman–Crippen LogP) is 2.38. The molecule has 7 nitrogen and oxygen atoms in total. The minimum Gasteiger partial charge on any atom is -0.494 e. The normalized spacial score (nSPS) is 11.0. The lowest BCUT2D eigenvalue weighted by molar-refractivity contribution is 0.340. The van der Waals surface area contributed by atoms with Crippen molar-refractivity contribution in [1.29, 1.82) is 0 Å². The third-order valence-electron chi connectivity index (χ3n) is 2.74. The fourth-order valence-corrected chi connectivity index (χ4v) is 2.21. The molecule has 0 aliphatic heterocycles. The van der Waals surface area contributed by atoms with Crippen LogP contribution in [-0.4, -0.2) is 31.0 Å². The Bertz CT molecular complexity index is 700. The van der Waals surface area contributed by atoms with Gasteiger partial charge in [-0.25, -0.2) is 8.42 Å². The summed E-state index contributed by atoms with van der Waals surface area (Å²) in [5, 5.41) is 10.8.